The van der Waals surface area contributed by atoms with E-state index in [4.69, 9.17) is 14.9 Å². The minimum Gasteiger partial charge on any atom is -0.496 e. The van der Waals surface area contributed by atoms with E-state index in [1.165, 1.54) is 0 Å². The van der Waals surface area contributed by atoms with Crippen LogP contribution >= 0.6 is 15.9 Å². The summed E-state index contributed by atoms with van der Waals surface area (Å²) in [6, 6.07) is 3.40. The fourth-order valence-electron chi connectivity index (χ4n) is 1.29. The highest BCUT2D eigenvalue weighted by Gasteiger charge is 2.19. The van der Waals surface area contributed by atoms with Crippen molar-refractivity contribution in [2.45, 2.75) is 12.5 Å². The molecule has 4 heteroatoms. The van der Waals surface area contributed by atoms with E-state index in [0.29, 0.717) is 4.67 Å². The number of rotatable bonds is 2. The third-order valence-corrected chi connectivity index (χ3v) is 2.37. The van der Waals surface area contributed by atoms with Crippen molar-refractivity contribution in [1.82, 2.24) is 0 Å². The SMILES string of the molecule is NC(C1=CCCO1)c1ccc(Br)o1. The molecule has 0 saturated heterocycles. The zero-order valence-electron chi connectivity index (χ0n) is 7.00. The van der Waals surface area contributed by atoms with Gasteiger partial charge in [0.1, 0.15) is 17.6 Å². The van der Waals surface area contributed by atoms with E-state index >= 15 is 0 Å². The van der Waals surface area contributed by atoms with Crippen molar-refractivity contribution in [3.05, 3.63) is 34.4 Å². The van der Waals surface area contributed by atoms with E-state index in [2.05, 4.69) is 15.9 Å². The Bertz CT molecular complexity index is 332. The Morgan fingerprint density at radius 1 is 1.46 bits per heavy atom. The highest BCUT2D eigenvalue weighted by atomic mass is 79.9. The van der Waals surface area contributed by atoms with Crippen molar-refractivity contribution in [2.24, 2.45) is 5.73 Å². The first-order valence-corrected chi connectivity index (χ1v) is 4.90. The average Bonchev–Trinajstić information content (AvgIpc) is 2.72. The Hall–Kier alpha value is -0.740. The minimum atomic E-state index is -0.270. The predicted molar refractivity (Wildman–Crippen MR) is 52.0 cm³/mol. The fourth-order valence-corrected chi connectivity index (χ4v) is 1.61. The molecule has 0 fully saturated rings. The first kappa shape index (κ1) is 8.84. The molecule has 0 spiro atoms. The van der Waals surface area contributed by atoms with Crippen LogP contribution in [0.15, 0.2) is 33.1 Å². The molecule has 0 aliphatic carbocycles. The molecule has 1 unspecified atom stereocenters. The van der Waals surface area contributed by atoms with Crippen molar-refractivity contribution >= 4 is 15.9 Å². The van der Waals surface area contributed by atoms with Crippen molar-refractivity contribution < 1.29 is 9.15 Å². The maximum absolute atomic E-state index is 5.91. The van der Waals surface area contributed by atoms with E-state index in [1.54, 1.807) is 0 Å². The molecule has 0 aromatic carbocycles. The molecule has 0 bridgehead atoms. The lowest BCUT2D eigenvalue weighted by molar-refractivity contribution is 0.218. The second-order valence-corrected chi connectivity index (χ2v) is 3.64. The molecular formula is C9H10BrNO2. The van der Waals surface area contributed by atoms with Gasteiger partial charge >= 0.3 is 0 Å². The highest BCUT2D eigenvalue weighted by Crippen LogP contribution is 2.27. The van der Waals surface area contributed by atoms with Gasteiger partial charge in [-0.2, -0.15) is 0 Å². The van der Waals surface area contributed by atoms with Crippen LogP contribution in [0.3, 0.4) is 0 Å². The third kappa shape index (κ3) is 1.78. The van der Waals surface area contributed by atoms with Crippen LogP contribution in [-0.4, -0.2) is 6.61 Å². The van der Waals surface area contributed by atoms with Crippen LogP contribution < -0.4 is 5.73 Å². The molecule has 1 aromatic rings. The standard InChI is InChI=1S/C9H10BrNO2/c10-8-4-3-7(13-8)9(11)6-2-1-5-12-6/h2-4,9H,1,5,11H2. The molecule has 1 aliphatic rings. The van der Waals surface area contributed by atoms with Crippen molar-refractivity contribution in [2.75, 3.05) is 6.61 Å². The Kier molecular flexibility index (Phi) is 2.42. The van der Waals surface area contributed by atoms with E-state index in [0.717, 1.165) is 24.5 Å². The van der Waals surface area contributed by atoms with Crippen molar-refractivity contribution in [3.63, 3.8) is 0 Å². The summed E-state index contributed by atoms with van der Waals surface area (Å²) in [6.45, 7) is 0.727. The maximum Gasteiger partial charge on any atom is 0.169 e. The number of furan rings is 1. The molecule has 1 aliphatic heterocycles. The molecule has 3 nitrogen and oxygen atoms in total. The van der Waals surface area contributed by atoms with E-state index in [1.807, 2.05) is 18.2 Å². The summed E-state index contributed by atoms with van der Waals surface area (Å²) in [5, 5.41) is 0. The average molecular weight is 244 g/mol. The lowest BCUT2D eigenvalue weighted by atomic mass is 10.2. The Labute approximate surface area is 84.7 Å². The van der Waals surface area contributed by atoms with Gasteiger partial charge in [-0.15, -0.1) is 0 Å². The van der Waals surface area contributed by atoms with Gasteiger partial charge in [-0.3, -0.25) is 0 Å². The quantitative estimate of drug-likeness (QED) is 0.868. The number of nitrogens with two attached hydrogens (primary N) is 1. The molecule has 2 heterocycles. The molecule has 1 atom stereocenters. The van der Waals surface area contributed by atoms with Crippen LogP contribution in [0.1, 0.15) is 18.2 Å². The smallest absolute Gasteiger partial charge is 0.169 e. The molecule has 2 rings (SSSR count). The molecule has 70 valence electrons. The van der Waals surface area contributed by atoms with Gasteiger partial charge in [-0.25, -0.2) is 0 Å². The first-order chi connectivity index (χ1) is 6.27. The second-order valence-electron chi connectivity index (χ2n) is 2.86. The second kappa shape index (κ2) is 3.55. The number of halogens is 1. The van der Waals surface area contributed by atoms with E-state index < -0.39 is 0 Å². The summed E-state index contributed by atoms with van der Waals surface area (Å²) >= 11 is 3.23. The first-order valence-electron chi connectivity index (χ1n) is 4.11. The summed E-state index contributed by atoms with van der Waals surface area (Å²) in [7, 11) is 0. The van der Waals surface area contributed by atoms with Crippen LogP contribution in [0.25, 0.3) is 0 Å². The largest absolute Gasteiger partial charge is 0.496 e. The van der Waals surface area contributed by atoms with Gasteiger partial charge in [0.25, 0.3) is 0 Å². The lowest BCUT2D eigenvalue weighted by Gasteiger charge is -2.09. The number of ether oxygens (including phenoxy) is 1. The minimum absolute atomic E-state index is 0.270. The van der Waals surface area contributed by atoms with Crippen LogP contribution in [0.4, 0.5) is 0 Å². The zero-order chi connectivity index (χ0) is 9.26. The maximum atomic E-state index is 5.91. The summed E-state index contributed by atoms with van der Waals surface area (Å²) < 4.78 is 11.4. The Morgan fingerprint density at radius 3 is 2.85 bits per heavy atom. The van der Waals surface area contributed by atoms with Crippen LogP contribution in [0.5, 0.6) is 0 Å². The molecule has 0 saturated carbocycles. The van der Waals surface area contributed by atoms with Gasteiger partial charge in [0.2, 0.25) is 0 Å². The Balaban J connectivity index is 2.16. The summed E-state index contributed by atoms with van der Waals surface area (Å²) in [6.07, 6.45) is 2.94. The monoisotopic (exact) mass is 243 g/mol. The highest BCUT2D eigenvalue weighted by molar-refractivity contribution is 9.10. The summed E-state index contributed by atoms with van der Waals surface area (Å²) in [5.74, 6) is 1.53. The third-order valence-electron chi connectivity index (χ3n) is 1.94. The molecule has 0 amide bonds. The van der Waals surface area contributed by atoms with Gasteiger partial charge in [0, 0.05) is 6.42 Å². The van der Waals surface area contributed by atoms with Crippen LogP contribution in [-0.2, 0) is 4.74 Å². The summed E-state index contributed by atoms with van der Waals surface area (Å²) in [4.78, 5) is 0. The number of hydrogen-bond acceptors (Lipinski definition) is 3. The summed E-state index contributed by atoms with van der Waals surface area (Å²) in [5.41, 5.74) is 5.91. The Morgan fingerprint density at radius 2 is 2.31 bits per heavy atom. The van der Waals surface area contributed by atoms with Crippen molar-refractivity contribution in [1.29, 1.82) is 0 Å². The zero-order valence-corrected chi connectivity index (χ0v) is 8.58. The molecule has 1 aromatic heterocycles. The van der Waals surface area contributed by atoms with Crippen LogP contribution in [0, 0.1) is 0 Å². The van der Waals surface area contributed by atoms with Gasteiger partial charge in [-0.1, -0.05) is 0 Å². The van der Waals surface area contributed by atoms with E-state index in [-0.39, 0.29) is 6.04 Å². The fraction of sp³-hybridized carbons (Fsp3) is 0.333. The van der Waals surface area contributed by atoms with Crippen LogP contribution in [0.2, 0.25) is 0 Å². The lowest BCUT2D eigenvalue weighted by Crippen LogP contribution is -2.12. The topological polar surface area (TPSA) is 48.4 Å². The van der Waals surface area contributed by atoms with Gasteiger partial charge in [0.15, 0.2) is 4.67 Å². The molecular weight excluding hydrogens is 234 g/mol. The molecule has 0 radical (unpaired) electrons. The van der Waals surface area contributed by atoms with E-state index in [9.17, 15) is 0 Å². The number of hydrogen-bond donors (Lipinski definition) is 1. The normalized spacial score (nSPS) is 18.2. The molecule has 2 N–H and O–H groups in total. The predicted octanol–water partition coefficient (Wildman–Crippen LogP) is 2.35. The van der Waals surface area contributed by atoms with Gasteiger partial charge < -0.3 is 14.9 Å². The van der Waals surface area contributed by atoms with Gasteiger partial charge in [0.05, 0.1) is 6.61 Å². The molecule has 13 heavy (non-hydrogen) atoms. The van der Waals surface area contributed by atoms with Crippen molar-refractivity contribution in [3.8, 4) is 0 Å². The van der Waals surface area contributed by atoms with Gasteiger partial charge in [-0.05, 0) is 34.1 Å².